The smallest absolute Gasteiger partial charge is 0.249 e. The molecule has 0 N–H and O–H groups in total. The minimum absolute atomic E-state index is 0.434. The topological polar surface area (TPSA) is 26.6 Å². The molecular formula is C42H39N4Si+. The fraction of sp³-hybridized carbons (Fsp3) is 0.143. The Kier molecular flexibility index (Phi) is 6.96. The Morgan fingerprint density at radius 2 is 1.38 bits per heavy atom. The first-order chi connectivity index (χ1) is 22.8. The summed E-state index contributed by atoms with van der Waals surface area (Å²) in [6.45, 7) is 9.46. The van der Waals surface area contributed by atoms with Crippen LogP contribution in [0, 0.1) is 0 Å². The fourth-order valence-electron chi connectivity index (χ4n) is 7.26. The van der Waals surface area contributed by atoms with Gasteiger partial charge in [0, 0.05) is 17.0 Å². The Bertz CT molecular complexity index is 2450. The lowest BCUT2D eigenvalue weighted by Gasteiger charge is -2.24. The molecule has 0 fully saturated rings. The molecule has 8 aromatic rings. The first-order valence-electron chi connectivity index (χ1n) is 16.5. The second-order valence-electron chi connectivity index (χ2n) is 13.5. The van der Waals surface area contributed by atoms with Gasteiger partial charge in [-0.05, 0) is 71.1 Å². The summed E-state index contributed by atoms with van der Waals surface area (Å²) in [5.74, 6) is 1.38. The van der Waals surface area contributed by atoms with Crippen molar-refractivity contribution in [1.29, 1.82) is 0 Å². The van der Waals surface area contributed by atoms with Gasteiger partial charge in [0.15, 0.2) is 11.0 Å². The van der Waals surface area contributed by atoms with Gasteiger partial charge in [0.25, 0.3) is 0 Å². The van der Waals surface area contributed by atoms with Gasteiger partial charge < -0.3 is 0 Å². The highest BCUT2D eigenvalue weighted by molar-refractivity contribution is 7.00. The predicted octanol–water partition coefficient (Wildman–Crippen LogP) is 8.56. The zero-order valence-corrected chi connectivity index (χ0v) is 28.6. The van der Waals surface area contributed by atoms with Crippen molar-refractivity contribution in [2.24, 2.45) is 7.05 Å². The molecule has 8 rings (SSSR count). The molecule has 0 amide bonds. The molecule has 0 saturated carbocycles. The number of para-hydroxylation sites is 3. The largest absolute Gasteiger partial charge is 0.294 e. The first-order valence-corrected chi connectivity index (χ1v) is 19.5. The Morgan fingerprint density at radius 1 is 0.660 bits per heavy atom. The summed E-state index contributed by atoms with van der Waals surface area (Å²) in [7, 11) is 0.00637. The molecule has 0 spiro atoms. The fourth-order valence-corrected chi connectivity index (χ4v) is 9.61. The van der Waals surface area contributed by atoms with Gasteiger partial charge in [0.05, 0.1) is 18.1 Å². The van der Waals surface area contributed by atoms with Crippen molar-refractivity contribution < 1.29 is 4.57 Å². The molecule has 0 aliphatic carbocycles. The first kappa shape index (κ1) is 29.2. The van der Waals surface area contributed by atoms with E-state index in [1.165, 1.54) is 65.6 Å². The summed E-state index contributed by atoms with van der Waals surface area (Å²) < 4.78 is 6.87. The molecular weight excluding hydrogens is 589 g/mol. The van der Waals surface area contributed by atoms with Crippen LogP contribution in [0.1, 0.15) is 25.3 Å². The van der Waals surface area contributed by atoms with Gasteiger partial charge in [-0.2, -0.15) is 4.57 Å². The quantitative estimate of drug-likeness (QED) is 0.134. The van der Waals surface area contributed by atoms with Crippen molar-refractivity contribution in [1.82, 2.24) is 14.1 Å². The molecule has 0 aliphatic heterocycles. The van der Waals surface area contributed by atoms with Gasteiger partial charge >= 0.3 is 0 Å². The van der Waals surface area contributed by atoms with Crippen molar-refractivity contribution in [2.75, 3.05) is 0 Å². The molecule has 230 valence electrons. The average molecular weight is 628 g/mol. The molecule has 0 atom stereocenters. The van der Waals surface area contributed by atoms with Gasteiger partial charge in [0.2, 0.25) is 6.33 Å². The number of rotatable bonds is 6. The van der Waals surface area contributed by atoms with Crippen molar-refractivity contribution in [2.45, 2.75) is 32.9 Å². The van der Waals surface area contributed by atoms with Crippen LogP contribution in [0.2, 0.25) is 13.1 Å². The van der Waals surface area contributed by atoms with E-state index in [-0.39, 0.29) is 0 Å². The molecule has 0 unspecified atom stereocenters. The number of aromatic nitrogens is 4. The van der Waals surface area contributed by atoms with Gasteiger partial charge in [-0.15, -0.1) is 0 Å². The van der Waals surface area contributed by atoms with E-state index >= 15 is 0 Å². The maximum absolute atomic E-state index is 4.97. The molecule has 47 heavy (non-hydrogen) atoms. The molecule has 0 saturated heterocycles. The lowest BCUT2D eigenvalue weighted by Crippen LogP contribution is -2.52. The van der Waals surface area contributed by atoms with Crippen molar-refractivity contribution in [3.05, 3.63) is 145 Å². The van der Waals surface area contributed by atoms with E-state index in [0.29, 0.717) is 5.92 Å². The number of benzene rings is 5. The van der Waals surface area contributed by atoms with Crippen LogP contribution in [0.4, 0.5) is 0 Å². The highest BCUT2D eigenvalue weighted by Crippen LogP contribution is 2.34. The predicted molar refractivity (Wildman–Crippen MR) is 199 cm³/mol. The molecule has 3 aromatic heterocycles. The summed E-state index contributed by atoms with van der Waals surface area (Å²) in [4.78, 5) is 4.97. The average Bonchev–Trinajstić information content (AvgIpc) is 3.62. The molecule has 5 aromatic carbocycles. The Balaban J connectivity index is 1.28. The summed E-state index contributed by atoms with van der Waals surface area (Å²) in [6, 6.07) is 46.7. The number of nitrogens with zero attached hydrogens (tertiary/aromatic N) is 4. The van der Waals surface area contributed by atoms with E-state index in [1.807, 2.05) is 6.20 Å². The normalized spacial score (nSPS) is 12.1. The zero-order chi connectivity index (χ0) is 32.3. The minimum Gasteiger partial charge on any atom is -0.294 e. The van der Waals surface area contributed by atoms with Crippen LogP contribution < -0.4 is 14.9 Å². The van der Waals surface area contributed by atoms with E-state index < -0.39 is 8.07 Å². The second-order valence-corrected chi connectivity index (χ2v) is 17.9. The number of hydrogen-bond donors (Lipinski definition) is 0. The van der Waals surface area contributed by atoms with E-state index in [1.54, 1.807) is 0 Å². The van der Waals surface area contributed by atoms with Gasteiger partial charge in [0.1, 0.15) is 19.6 Å². The van der Waals surface area contributed by atoms with Crippen LogP contribution in [-0.2, 0) is 7.05 Å². The monoisotopic (exact) mass is 627 g/mol. The lowest BCUT2D eigenvalue weighted by molar-refractivity contribution is -0.645. The molecule has 4 nitrogen and oxygen atoms in total. The van der Waals surface area contributed by atoms with E-state index in [2.05, 4.69) is 181 Å². The second kappa shape index (κ2) is 11.2. The van der Waals surface area contributed by atoms with Gasteiger partial charge in [-0.1, -0.05) is 116 Å². The number of aryl methyl sites for hydroxylation is 1. The lowest BCUT2D eigenvalue weighted by atomic mass is 9.93. The van der Waals surface area contributed by atoms with E-state index in [0.717, 1.165) is 5.82 Å². The van der Waals surface area contributed by atoms with Crippen molar-refractivity contribution in [3.8, 4) is 22.6 Å². The van der Waals surface area contributed by atoms with Gasteiger partial charge in [-0.3, -0.25) is 4.57 Å². The third-order valence-electron chi connectivity index (χ3n) is 9.92. The van der Waals surface area contributed by atoms with Crippen LogP contribution in [0.15, 0.2) is 140 Å². The number of pyridine rings is 1. The number of hydrogen-bond acceptors (Lipinski definition) is 1. The summed E-state index contributed by atoms with van der Waals surface area (Å²) >= 11 is 0. The standard InChI is InChI=1S/C42H39N4Si/c1-29(2)34-15-6-7-16-35(34)30-23-24-43-42(25-30)46-38-18-9-8-17-36(38)37-22-21-33(27-41(37)46)47(4,5)32-14-12-13-31(26-32)45-28-44(3)39-19-10-11-20-40(39)45/h6-29H,1-5H3/q+1. The summed E-state index contributed by atoms with van der Waals surface area (Å²) in [5.41, 5.74) is 9.81. The molecule has 0 aliphatic rings. The van der Waals surface area contributed by atoms with Crippen LogP contribution in [-0.4, -0.2) is 22.2 Å². The third kappa shape index (κ3) is 4.81. The maximum Gasteiger partial charge on any atom is 0.249 e. The van der Waals surface area contributed by atoms with E-state index in [4.69, 9.17) is 4.98 Å². The third-order valence-corrected chi connectivity index (χ3v) is 13.4. The SMILES string of the molecule is CC(C)c1ccccc1-c1ccnc(-n2c3ccccc3c3ccc([Si](C)(C)c4cccc(-n5c[n+](C)c6ccccc65)c4)cc32)c1. The van der Waals surface area contributed by atoms with Crippen molar-refractivity contribution >= 4 is 51.3 Å². The molecule has 3 heterocycles. The molecule has 0 bridgehead atoms. The number of imidazole rings is 1. The molecule has 0 radical (unpaired) electrons. The Labute approximate surface area is 277 Å². The highest BCUT2D eigenvalue weighted by Gasteiger charge is 2.29. The van der Waals surface area contributed by atoms with Crippen LogP contribution in [0.3, 0.4) is 0 Å². The van der Waals surface area contributed by atoms with E-state index in [9.17, 15) is 0 Å². The summed E-state index contributed by atoms with van der Waals surface area (Å²) in [5, 5.41) is 5.31. The van der Waals surface area contributed by atoms with Crippen molar-refractivity contribution in [3.63, 3.8) is 0 Å². The van der Waals surface area contributed by atoms with Crippen LogP contribution in [0.25, 0.3) is 55.5 Å². The Hall–Kier alpha value is -5.26. The highest BCUT2D eigenvalue weighted by atomic mass is 28.3. The number of fused-ring (bicyclic) bond motifs is 4. The maximum atomic E-state index is 4.97. The minimum atomic E-state index is -2.11. The zero-order valence-electron chi connectivity index (χ0n) is 27.6. The molecule has 5 heteroatoms. The van der Waals surface area contributed by atoms with Crippen LogP contribution >= 0.6 is 0 Å². The summed E-state index contributed by atoms with van der Waals surface area (Å²) in [6.07, 6.45) is 4.14. The Morgan fingerprint density at radius 3 is 2.23 bits per heavy atom. The van der Waals surface area contributed by atoms with Crippen LogP contribution in [0.5, 0.6) is 0 Å². The van der Waals surface area contributed by atoms with Gasteiger partial charge in [-0.25, -0.2) is 9.55 Å².